The van der Waals surface area contributed by atoms with Gasteiger partial charge in [0, 0.05) is 26.4 Å². The van der Waals surface area contributed by atoms with Crippen molar-refractivity contribution in [2.75, 3.05) is 26.4 Å². The maximum atomic E-state index is 13.0. The van der Waals surface area contributed by atoms with Crippen molar-refractivity contribution in [1.82, 2.24) is 5.32 Å². The highest BCUT2D eigenvalue weighted by atomic mass is 16.5. The molecule has 1 saturated heterocycles. The van der Waals surface area contributed by atoms with Crippen LogP contribution in [0.1, 0.15) is 56.9 Å². The normalized spacial score (nSPS) is 21.0. The van der Waals surface area contributed by atoms with Crippen LogP contribution in [0.25, 0.3) is 0 Å². The highest BCUT2D eigenvalue weighted by molar-refractivity contribution is 5.88. The maximum Gasteiger partial charge on any atom is 0.230 e. The molecule has 0 bridgehead atoms. The van der Waals surface area contributed by atoms with Gasteiger partial charge in [0.25, 0.3) is 0 Å². The molecule has 0 aromatic heterocycles. The molecule has 25 heavy (non-hydrogen) atoms. The molecule has 1 heterocycles. The van der Waals surface area contributed by atoms with E-state index >= 15 is 0 Å². The Morgan fingerprint density at radius 1 is 1.12 bits per heavy atom. The van der Waals surface area contributed by atoms with Crippen molar-refractivity contribution in [3.05, 3.63) is 35.9 Å². The van der Waals surface area contributed by atoms with E-state index in [1.165, 1.54) is 32.1 Å². The lowest BCUT2D eigenvalue weighted by molar-refractivity contribution is -0.130. The Labute approximate surface area is 151 Å². The lowest BCUT2D eigenvalue weighted by atomic mass is 9.73. The van der Waals surface area contributed by atoms with Gasteiger partial charge in [-0.25, -0.2) is 0 Å². The molecule has 1 amide bonds. The van der Waals surface area contributed by atoms with Gasteiger partial charge in [0.05, 0.1) is 11.5 Å². The Kier molecular flexibility index (Phi) is 6.88. The van der Waals surface area contributed by atoms with E-state index in [-0.39, 0.29) is 5.91 Å². The molecule has 1 saturated carbocycles. The van der Waals surface area contributed by atoms with Crippen molar-refractivity contribution in [2.45, 2.75) is 62.9 Å². The predicted octanol–water partition coefficient (Wildman–Crippen LogP) is 3.59. The summed E-state index contributed by atoms with van der Waals surface area (Å²) in [7, 11) is 0. The van der Waals surface area contributed by atoms with Crippen LogP contribution in [0.3, 0.4) is 0 Å². The van der Waals surface area contributed by atoms with Crippen molar-refractivity contribution >= 4 is 5.91 Å². The Bertz CT molecular complexity index is 519. The number of rotatable bonds is 7. The van der Waals surface area contributed by atoms with Crippen LogP contribution in [0.15, 0.2) is 30.3 Å². The minimum atomic E-state index is -0.441. The average Bonchev–Trinajstić information content (AvgIpc) is 2.69. The topological polar surface area (TPSA) is 47.6 Å². The zero-order valence-electron chi connectivity index (χ0n) is 15.2. The summed E-state index contributed by atoms with van der Waals surface area (Å²) in [6.07, 6.45) is 9.16. The van der Waals surface area contributed by atoms with E-state index in [9.17, 15) is 4.79 Å². The van der Waals surface area contributed by atoms with Gasteiger partial charge in [0.2, 0.25) is 5.91 Å². The van der Waals surface area contributed by atoms with Crippen LogP contribution in [-0.2, 0) is 19.7 Å². The van der Waals surface area contributed by atoms with Crippen LogP contribution in [0.2, 0.25) is 0 Å². The number of hydrogen-bond acceptors (Lipinski definition) is 3. The van der Waals surface area contributed by atoms with E-state index < -0.39 is 5.41 Å². The first-order chi connectivity index (χ1) is 12.3. The van der Waals surface area contributed by atoms with Gasteiger partial charge in [-0.05, 0) is 37.7 Å². The molecule has 2 fully saturated rings. The molecule has 0 spiro atoms. The van der Waals surface area contributed by atoms with E-state index in [0.29, 0.717) is 25.9 Å². The molecule has 2 aliphatic rings. The molecular weight excluding hydrogens is 314 g/mol. The van der Waals surface area contributed by atoms with Crippen LogP contribution < -0.4 is 5.32 Å². The van der Waals surface area contributed by atoms with Crippen molar-refractivity contribution in [3.63, 3.8) is 0 Å². The zero-order chi connectivity index (χ0) is 17.4. The molecule has 0 unspecified atom stereocenters. The summed E-state index contributed by atoms with van der Waals surface area (Å²) in [6.45, 7) is 2.72. The third-order valence-corrected chi connectivity index (χ3v) is 5.62. The van der Waals surface area contributed by atoms with Gasteiger partial charge >= 0.3 is 0 Å². The first kappa shape index (κ1) is 18.4. The molecule has 3 rings (SSSR count). The zero-order valence-corrected chi connectivity index (χ0v) is 15.2. The minimum absolute atomic E-state index is 0.139. The smallest absolute Gasteiger partial charge is 0.230 e. The van der Waals surface area contributed by atoms with E-state index in [2.05, 4.69) is 17.4 Å². The van der Waals surface area contributed by atoms with Crippen LogP contribution in [0.4, 0.5) is 0 Å². The van der Waals surface area contributed by atoms with Gasteiger partial charge in [-0.3, -0.25) is 4.79 Å². The average molecular weight is 345 g/mol. The number of amides is 1. The third-order valence-electron chi connectivity index (χ3n) is 5.62. The Morgan fingerprint density at radius 2 is 1.84 bits per heavy atom. The first-order valence-corrected chi connectivity index (χ1v) is 9.84. The van der Waals surface area contributed by atoms with Gasteiger partial charge in [-0.15, -0.1) is 0 Å². The number of nitrogens with one attached hydrogen (secondary N) is 1. The SMILES string of the molecule is O=C(NCCCOC1CCCCC1)C1(c2ccccc2)CCOCC1. The summed E-state index contributed by atoms with van der Waals surface area (Å²) < 4.78 is 11.5. The standard InChI is InChI=1S/C21H31NO3/c23-20(22-14-7-15-25-19-10-5-2-6-11-19)21(12-16-24-17-13-21)18-8-3-1-4-9-18/h1,3-4,8-9,19H,2,5-7,10-17H2,(H,22,23). The van der Waals surface area contributed by atoms with E-state index in [4.69, 9.17) is 9.47 Å². The maximum absolute atomic E-state index is 13.0. The Morgan fingerprint density at radius 3 is 2.56 bits per heavy atom. The fourth-order valence-corrected chi connectivity index (χ4v) is 4.05. The highest BCUT2D eigenvalue weighted by Gasteiger charge is 2.41. The van der Waals surface area contributed by atoms with Gasteiger partial charge < -0.3 is 14.8 Å². The summed E-state index contributed by atoms with van der Waals surface area (Å²) in [5, 5.41) is 3.15. The summed E-state index contributed by atoms with van der Waals surface area (Å²) in [4.78, 5) is 13.0. The molecule has 1 N–H and O–H groups in total. The Hall–Kier alpha value is -1.39. The molecule has 4 heteroatoms. The lowest BCUT2D eigenvalue weighted by Gasteiger charge is -2.36. The van der Waals surface area contributed by atoms with Crippen molar-refractivity contribution in [1.29, 1.82) is 0 Å². The molecular formula is C21H31NO3. The highest BCUT2D eigenvalue weighted by Crippen LogP contribution is 2.35. The summed E-state index contributed by atoms with van der Waals surface area (Å²) in [5.41, 5.74) is 0.665. The fraction of sp³-hybridized carbons (Fsp3) is 0.667. The van der Waals surface area contributed by atoms with Crippen LogP contribution in [0, 0.1) is 0 Å². The summed E-state index contributed by atoms with van der Waals surface area (Å²) in [6, 6.07) is 10.2. The van der Waals surface area contributed by atoms with Crippen LogP contribution in [-0.4, -0.2) is 38.4 Å². The van der Waals surface area contributed by atoms with Crippen LogP contribution in [0.5, 0.6) is 0 Å². The molecule has 1 aliphatic carbocycles. The molecule has 0 atom stereocenters. The van der Waals surface area contributed by atoms with Crippen molar-refractivity contribution in [2.24, 2.45) is 0 Å². The fourth-order valence-electron chi connectivity index (χ4n) is 4.05. The van der Waals surface area contributed by atoms with Gasteiger partial charge in [-0.2, -0.15) is 0 Å². The third kappa shape index (κ3) is 4.83. The predicted molar refractivity (Wildman–Crippen MR) is 98.6 cm³/mol. The van der Waals surface area contributed by atoms with Crippen molar-refractivity contribution < 1.29 is 14.3 Å². The molecule has 0 radical (unpaired) electrons. The second kappa shape index (κ2) is 9.35. The number of ether oxygens (including phenoxy) is 2. The summed E-state index contributed by atoms with van der Waals surface area (Å²) in [5.74, 6) is 0.139. The first-order valence-electron chi connectivity index (χ1n) is 9.84. The van der Waals surface area contributed by atoms with E-state index in [1.807, 2.05) is 18.2 Å². The van der Waals surface area contributed by atoms with E-state index in [0.717, 1.165) is 31.4 Å². The summed E-state index contributed by atoms with van der Waals surface area (Å²) >= 11 is 0. The quantitative estimate of drug-likeness (QED) is 0.768. The van der Waals surface area contributed by atoms with Gasteiger partial charge in [0.1, 0.15) is 0 Å². The number of hydrogen-bond donors (Lipinski definition) is 1. The molecule has 138 valence electrons. The monoisotopic (exact) mass is 345 g/mol. The molecule has 4 nitrogen and oxygen atoms in total. The largest absolute Gasteiger partial charge is 0.381 e. The number of carbonyl (C=O) groups is 1. The molecule has 1 aromatic carbocycles. The van der Waals surface area contributed by atoms with Crippen LogP contribution >= 0.6 is 0 Å². The second-order valence-corrected chi connectivity index (χ2v) is 7.30. The second-order valence-electron chi connectivity index (χ2n) is 7.30. The minimum Gasteiger partial charge on any atom is -0.381 e. The number of benzene rings is 1. The Balaban J connectivity index is 1.47. The van der Waals surface area contributed by atoms with Gasteiger partial charge in [-0.1, -0.05) is 49.6 Å². The number of carbonyl (C=O) groups excluding carboxylic acids is 1. The molecule has 1 aromatic rings. The van der Waals surface area contributed by atoms with Gasteiger partial charge in [0.15, 0.2) is 0 Å². The van der Waals surface area contributed by atoms with E-state index in [1.54, 1.807) is 0 Å². The molecule has 1 aliphatic heterocycles. The van der Waals surface area contributed by atoms with Crippen molar-refractivity contribution in [3.8, 4) is 0 Å². The lowest BCUT2D eigenvalue weighted by Crippen LogP contribution is -2.48.